The van der Waals surface area contributed by atoms with Gasteiger partial charge in [-0.2, -0.15) is 0 Å². The molecule has 1 aromatic rings. The van der Waals surface area contributed by atoms with E-state index < -0.39 is 6.04 Å². The first kappa shape index (κ1) is 11.5. The number of methoxy groups -OCH3 is 1. The molecule has 0 aliphatic carbocycles. The maximum atomic E-state index is 11.0. The van der Waals surface area contributed by atoms with Gasteiger partial charge in [0.15, 0.2) is 0 Å². The first-order chi connectivity index (χ1) is 7.24. The number of ether oxygens (including phenoxy) is 1. The van der Waals surface area contributed by atoms with Crippen LogP contribution in [0.3, 0.4) is 0 Å². The van der Waals surface area contributed by atoms with Crippen molar-refractivity contribution >= 4 is 11.7 Å². The van der Waals surface area contributed by atoms with Gasteiger partial charge in [-0.1, -0.05) is 18.2 Å². The standard InChI is InChI=1S/C11H16N2O2/c1-15-11(14)10(12)7-8-13-9-5-3-2-4-6-9/h2-6,10,13H,7-8,12H2,1H3. The van der Waals surface area contributed by atoms with Gasteiger partial charge in [-0.15, -0.1) is 0 Å². The first-order valence-electron chi connectivity index (χ1n) is 4.86. The smallest absolute Gasteiger partial charge is 0.322 e. The van der Waals surface area contributed by atoms with Crippen LogP contribution in [0.2, 0.25) is 0 Å². The molecule has 0 aromatic heterocycles. The Hall–Kier alpha value is -1.55. The fourth-order valence-corrected chi connectivity index (χ4v) is 1.20. The van der Waals surface area contributed by atoms with Crippen LogP contribution in [0.1, 0.15) is 6.42 Å². The third-order valence-electron chi connectivity index (χ3n) is 2.06. The summed E-state index contributed by atoms with van der Waals surface area (Å²) in [4.78, 5) is 11.0. The van der Waals surface area contributed by atoms with Crippen LogP contribution in [0.4, 0.5) is 5.69 Å². The maximum Gasteiger partial charge on any atom is 0.322 e. The van der Waals surface area contributed by atoms with E-state index >= 15 is 0 Å². The van der Waals surface area contributed by atoms with Crippen molar-refractivity contribution < 1.29 is 9.53 Å². The van der Waals surface area contributed by atoms with Crippen LogP contribution in [-0.4, -0.2) is 25.7 Å². The second kappa shape index (κ2) is 6.03. The van der Waals surface area contributed by atoms with Gasteiger partial charge in [0.25, 0.3) is 0 Å². The summed E-state index contributed by atoms with van der Waals surface area (Å²) >= 11 is 0. The summed E-state index contributed by atoms with van der Waals surface area (Å²) in [5.74, 6) is -0.370. The van der Waals surface area contributed by atoms with Crippen LogP contribution < -0.4 is 11.1 Å². The van der Waals surface area contributed by atoms with E-state index in [4.69, 9.17) is 5.73 Å². The Balaban J connectivity index is 2.25. The van der Waals surface area contributed by atoms with Gasteiger partial charge in [-0.05, 0) is 18.6 Å². The van der Waals surface area contributed by atoms with E-state index in [0.29, 0.717) is 13.0 Å². The molecule has 4 heteroatoms. The number of hydrogen-bond acceptors (Lipinski definition) is 4. The maximum absolute atomic E-state index is 11.0. The molecule has 1 aromatic carbocycles. The number of nitrogens with two attached hydrogens (primary N) is 1. The molecule has 0 aliphatic heterocycles. The van der Waals surface area contributed by atoms with Crippen LogP contribution in [-0.2, 0) is 9.53 Å². The van der Waals surface area contributed by atoms with Crippen LogP contribution in [0.25, 0.3) is 0 Å². The normalized spacial score (nSPS) is 11.9. The van der Waals surface area contributed by atoms with E-state index in [1.807, 2.05) is 30.3 Å². The first-order valence-corrected chi connectivity index (χ1v) is 4.86. The fraction of sp³-hybridized carbons (Fsp3) is 0.364. The Morgan fingerprint density at radius 1 is 1.47 bits per heavy atom. The summed E-state index contributed by atoms with van der Waals surface area (Å²) < 4.78 is 4.52. The van der Waals surface area contributed by atoms with Gasteiger partial charge in [0, 0.05) is 12.2 Å². The molecule has 82 valence electrons. The number of nitrogens with one attached hydrogen (secondary N) is 1. The highest BCUT2D eigenvalue weighted by atomic mass is 16.5. The van der Waals surface area contributed by atoms with Crippen molar-refractivity contribution in [1.82, 2.24) is 0 Å². The third-order valence-corrected chi connectivity index (χ3v) is 2.06. The Kier molecular flexibility index (Phi) is 4.63. The van der Waals surface area contributed by atoms with Crippen molar-refractivity contribution in [3.05, 3.63) is 30.3 Å². The number of anilines is 1. The number of carbonyl (C=O) groups is 1. The highest BCUT2D eigenvalue weighted by molar-refractivity contribution is 5.75. The zero-order valence-corrected chi connectivity index (χ0v) is 8.77. The summed E-state index contributed by atoms with van der Waals surface area (Å²) in [6.45, 7) is 0.653. The molecule has 0 saturated carbocycles. The van der Waals surface area contributed by atoms with E-state index in [2.05, 4.69) is 10.1 Å². The quantitative estimate of drug-likeness (QED) is 0.708. The number of carbonyl (C=O) groups excluding carboxylic acids is 1. The van der Waals surface area contributed by atoms with E-state index in [9.17, 15) is 4.79 Å². The molecular weight excluding hydrogens is 192 g/mol. The summed E-state index contributed by atoms with van der Waals surface area (Å²) in [5, 5.41) is 3.17. The SMILES string of the molecule is COC(=O)C(N)CCNc1ccccc1. The molecule has 3 N–H and O–H groups in total. The largest absolute Gasteiger partial charge is 0.468 e. The summed E-state index contributed by atoms with van der Waals surface area (Å²) in [6.07, 6.45) is 0.557. The van der Waals surface area contributed by atoms with Crippen LogP contribution in [0.5, 0.6) is 0 Å². The number of para-hydroxylation sites is 1. The van der Waals surface area contributed by atoms with Gasteiger partial charge >= 0.3 is 5.97 Å². The van der Waals surface area contributed by atoms with Gasteiger partial charge in [0.05, 0.1) is 7.11 Å². The zero-order valence-electron chi connectivity index (χ0n) is 8.77. The van der Waals surface area contributed by atoms with Crippen molar-refractivity contribution in [3.63, 3.8) is 0 Å². The third kappa shape index (κ3) is 3.99. The molecule has 0 saturated heterocycles. The van der Waals surface area contributed by atoms with Crippen molar-refractivity contribution in [2.75, 3.05) is 19.0 Å². The van der Waals surface area contributed by atoms with Crippen LogP contribution >= 0.6 is 0 Å². The Morgan fingerprint density at radius 3 is 2.73 bits per heavy atom. The molecule has 1 atom stereocenters. The van der Waals surface area contributed by atoms with E-state index in [1.54, 1.807) is 0 Å². The average molecular weight is 208 g/mol. The van der Waals surface area contributed by atoms with Gasteiger partial charge in [0.2, 0.25) is 0 Å². The predicted octanol–water partition coefficient (Wildman–Crippen LogP) is 0.989. The number of benzene rings is 1. The minimum Gasteiger partial charge on any atom is -0.468 e. The minimum absolute atomic E-state index is 0.370. The lowest BCUT2D eigenvalue weighted by atomic mass is 10.2. The van der Waals surface area contributed by atoms with Crippen molar-refractivity contribution in [1.29, 1.82) is 0 Å². The molecule has 0 heterocycles. The minimum atomic E-state index is -0.550. The van der Waals surface area contributed by atoms with Crippen LogP contribution in [0, 0.1) is 0 Å². The second-order valence-corrected chi connectivity index (χ2v) is 3.21. The molecule has 0 radical (unpaired) electrons. The monoisotopic (exact) mass is 208 g/mol. The van der Waals surface area contributed by atoms with E-state index in [-0.39, 0.29) is 5.97 Å². The van der Waals surface area contributed by atoms with E-state index in [0.717, 1.165) is 5.69 Å². The van der Waals surface area contributed by atoms with Gasteiger partial charge in [0.1, 0.15) is 6.04 Å². The molecule has 0 spiro atoms. The number of esters is 1. The molecule has 0 amide bonds. The lowest BCUT2D eigenvalue weighted by Crippen LogP contribution is -2.33. The van der Waals surface area contributed by atoms with Crippen molar-refractivity contribution in [2.45, 2.75) is 12.5 Å². The summed E-state index contributed by atoms with van der Waals surface area (Å²) in [6, 6.07) is 9.22. The van der Waals surface area contributed by atoms with Crippen LogP contribution in [0.15, 0.2) is 30.3 Å². The van der Waals surface area contributed by atoms with Crippen molar-refractivity contribution in [2.24, 2.45) is 5.73 Å². The lowest BCUT2D eigenvalue weighted by Gasteiger charge is -2.10. The Bertz CT molecular complexity index is 301. The van der Waals surface area contributed by atoms with Gasteiger partial charge in [-0.25, -0.2) is 0 Å². The molecule has 1 rings (SSSR count). The predicted molar refractivity (Wildman–Crippen MR) is 59.5 cm³/mol. The Morgan fingerprint density at radius 2 is 2.13 bits per heavy atom. The molecule has 15 heavy (non-hydrogen) atoms. The molecule has 0 fully saturated rings. The molecular formula is C11H16N2O2. The fourth-order valence-electron chi connectivity index (χ4n) is 1.20. The van der Waals surface area contributed by atoms with Gasteiger partial charge in [-0.3, -0.25) is 4.79 Å². The average Bonchev–Trinajstić information content (AvgIpc) is 2.29. The topological polar surface area (TPSA) is 64.3 Å². The second-order valence-electron chi connectivity index (χ2n) is 3.21. The molecule has 0 bridgehead atoms. The molecule has 1 unspecified atom stereocenters. The van der Waals surface area contributed by atoms with Crippen molar-refractivity contribution in [3.8, 4) is 0 Å². The lowest BCUT2D eigenvalue weighted by molar-refractivity contribution is -0.142. The number of hydrogen-bond donors (Lipinski definition) is 2. The van der Waals surface area contributed by atoms with Gasteiger partial charge < -0.3 is 15.8 Å². The Labute approximate surface area is 89.4 Å². The molecule has 0 aliphatic rings. The highest BCUT2D eigenvalue weighted by Crippen LogP contribution is 2.04. The summed E-state index contributed by atoms with van der Waals surface area (Å²) in [7, 11) is 1.34. The zero-order chi connectivity index (χ0) is 11.1. The number of rotatable bonds is 5. The highest BCUT2D eigenvalue weighted by Gasteiger charge is 2.12. The molecule has 4 nitrogen and oxygen atoms in total. The van der Waals surface area contributed by atoms with E-state index in [1.165, 1.54) is 7.11 Å². The summed E-state index contributed by atoms with van der Waals surface area (Å²) in [5.41, 5.74) is 6.60.